The molecule has 0 fully saturated rings. The predicted octanol–water partition coefficient (Wildman–Crippen LogP) is 3.83. The first-order valence-corrected chi connectivity index (χ1v) is 8.45. The van der Waals surface area contributed by atoms with Crippen molar-refractivity contribution in [1.29, 1.82) is 0 Å². The number of unbranched alkanes of at least 4 members (excludes halogenated alkanes) is 5. The first kappa shape index (κ1) is 20.9. The summed E-state index contributed by atoms with van der Waals surface area (Å²) in [5.41, 5.74) is 0. The summed E-state index contributed by atoms with van der Waals surface area (Å²) < 4.78 is 0. The fourth-order valence-electron chi connectivity index (χ4n) is 2.12. The van der Waals surface area contributed by atoms with Crippen LogP contribution in [0.3, 0.4) is 0 Å². The molecule has 0 saturated carbocycles. The molecule has 0 aliphatic rings. The fourth-order valence-corrected chi connectivity index (χ4v) is 2.12. The third kappa shape index (κ3) is 13.8. The molecule has 0 aromatic heterocycles. The molecule has 0 aromatic carbocycles. The van der Waals surface area contributed by atoms with Crippen molar-refractivity contribution in [2.45, 2.75) is 83.3 Å². The molecular weight excluding hydrogens is 280 g/mol. The van der Waals surface area contributed by atoms with Crippen molar-refractivity contribution in [3.8, 4) is 0 Å². The Kier molecular flexibility index (Phi) is 14.0. The van der Waals surface area contributed by atoms with E-state index in [4.69, 9.17) is 5.11 Å². The third-order valence-corrected chi connectivity index (χ3v) is 3.61. The lowest BCUT2D eigenvalue weighted by Gasteiger charge is -2.13. The first-order chi connectivity index (χ1) is 10.6. The molecule has 0 rings (SSSR count). The number of hydrogen-bond donors (Lipinski definition) is 3. The second kappa shape index (κ2) is 14.8. The smallest absolute Gasteiger partial charge is 0.303 e. The second-order valence-corrected chi connectivity index (χ2v) is 5.66. The maximum Gasteiger partial charge on any atom is 0.303 e. The minimum atomic E-state index is -0.701. The fraction of sp³-hybridized carbons (Fsp3) is 0.722. The molecule has 0 aromatic rings. The Balaban J connectivity index is 3.39. The molecule has 0 amide bonds. The lowest BCUT2D eigenvalue weighted by atomic mass is 10.1. The van der Waals surface area contributed by atoms with Crippen LogP contribution in [0.4, 0.5) is 0 Å². The summed E-state index contributed by atoms with van der Waals surface area (Å²) in [6.45, 7) is 1.85. The largest absolute Gasteiger partial charge is 0.481 e. The number of aliphatic carboxylic acids is 1. The van der Waals surface area contributed by atoms with Crippen LogP contribution < -0.4 is 0 Å². The van der Waals surface area contributed by atoms with Gasteiger partial charge in [0.15, 0.2) is 0 Å². The molecule has 0 spiro atoms. The number of aliphatic hydroxyl groups excluding tert-OH is 2. The molecule has 22 heavy (non-hydrogen) atoms. The van der Waals surface area contributed by atoms with Crippen molar-refractivity contribution in [1.82, 2.24) is 0 Å². The molecule has 0 heterocycles. The molecule has 0 aliphatic heterocycles. The summed E-state index contributed by atoms with van der Waals surface area (Å²) in [5, 5.41) is 27.5. The van der Waals surface area contributed by atoms with Crippen molar-refractivity contribution < 1.29 is 20.1 Å². The second-order valence-electron chi connectivity index (χ2n) is 5.66. The highest BCUT2D eigenvalue weighted by molar-refractivity contribution is 5.66. The third-order valence-electron chi connectivity index (χ3n) is 3.61. The molecule has 4 heteroatoms. The number of rotatable bonds is 14. The van der Waals surface area contributed by atoms with Crippen LogP contribution in [0.25, 0.3) is 0 Å². The van der Waals surface area contributed by atoms with E-state index in [-0.39, 0.29) is 6.42 Å². The SMILES string of the molecule is CCC(O)C(O)C/C=C/C/C=C\CCCCCCCC(=O)O. The zero-order chi connectivity index (χ0) is 16.6. The lowest BCUT2D eigenvalue weighted by Crippen LogP contribution is -2.23. The van der Waals surface area contributed by atoms with Gasteiger partial charge in [0.2, 0.25) is 0 Å². The summed E-state index contributed by atoms with van der Waals surface area (Å²) in [7, 11) is 0. The highest BCUT2D eigenvalue weighted by Gasteiger charge is 2.11. The Labute approximate surface area is 134 Å². The molecule has 128 valence electrons. The highest BCUT2D eigenvalue weighted by Crippen LogP contribution is 2.08. The number of carbonyl (C=O) groups is 1. The van der Waals surface area contributed by atoms with E-state index in [1.54, 1.807) is 0 Å². The van der Waals surface area contributed by atoms with E-state index in [1.807, 2.05) is 19.1 Å². The van der Waals surface area contributed by atoms with Gasteiger partial charge in [-0.25, -0.2) is 0 Å². The van der Waals surface area contributed by atoms with Crippen molar-refractivity contribution in [3.05, 3.63) is 24.3 Å². The van der Waals surface area contributed by atoms with Gasteiger partial charge in [0, 0.05) is 6.42 Å². The van der Waals surface area contributed by atoms with Crippen molar-refractivity contribution in [2.75, 3.05) is 0 Å². The Morgan fingerprint density at radius 1 is 0.909 bits per heavy atom. The van der Waals surface area contributed by atoms with Gasteiger partial charge in [0.25, 0.3) is 0 Å². The van der Waals surface area contributed by atoms with Crippen molar-refractivity contribution in [3.63, 3.8) is 0 Å². The monoisotopic (exact) mass is 312 g/mol. The molecule has 2 unspecified atom stereocenters. The van der Waals surface area contributed by atoms with Crippen molar-refractivity contribution in [2.24, 2.45) is 0 Å². The van der Waals surface area contributed by atoms with Gasteiger partial charge in [0.05, 0.1) is 12.2 Å². The molecule has 0 saturated heterocycles. The van der Waals surface area contributed by atoms with E-state index in [0.29, 0.717) is 12.8 Å². The van der Waals surface area contributed by atoms with E-state index in [2.05, 4.69) is 12.2 Å². The average molecular weight is 312 g/mol. The van der Waals surface area contributed by atoms with E-state index in [9.17, 15) is 15.0 Å². The van der Waals surface area contributed by atoms with Gasteiger partial charge in [-0.3, -0.25) is 4.79 Å². The molecule has 2 atom stereocenters. The number of allylic oxidation sites excluding steroid dienone is 3. The highest BCUT2D eigenvalue weighted by atomic mass is 16.4. The zero-order valence-electron chi connectivity index (χ0n) is 13.8. The van der Waals surface area contributed by atoms with E-state index < -0.39 is 18.2 Å². The number of hydrogen-bond acceptors (Lipinski definition) is 3. The molecule has 3 N–H and O–H groups in total. The van der Waals surface area contributed by atoms with Crippen LogP contribution in [-0.4, -0.2) is 33.5 Å². The summed E-state index contributed by atoms with van der Waals surface area (Å²) in [4.78, 5) is 10.3. The topological polar surface area (TPSA) is 77.8 Å². The Morgan fingerprint density at radius 2 is 1.55 bits per heavy atom. The summed E-state index contributed by atoms with van der Waals surface area (Å²) in [6.07, 6.45) is 15.4. The Hall–Kier alpha value is -1.13. The van der Waals surface area contributed by atoms with Crippen LogP contribution in [0.15, 0.2) is 24.3 Å². The lowest BCUT2D eigenvalue weighted by molar-refractivity contribution is -0.137. The first-order valence-electron chi connectivity index (χ1n) is 8.45. The number of carboxylic acids is 1. The van der Waals surface area contributed by atoms with Gasteiger partial charge in [-0.2, -0.15) is 0 Å². The Bertz CT molecular complexity index is 323. The minimum Gasteiger partial charge on any atom is -0.481 e. The Morgan fingerprint density at radius 3 is 2.23 bits per heavy atom. The molecule has 0 aliphatic carbocycles. The van der Waals surface area contributed by atoms with Gasteiger partial charge in [-0.05, 0) is 38.5 Å². The van der Waals surface area contributed by atoms with E-state index >= 15 is 0 Å². The molecule has 0 bridgehead atoms. The van der Waals surface area contributed by atoms with E-state index in [1.165, 1.54) is 0 Å². The van der Waals surface area contributed by atoms with Gasteiger partial charge in [-0.15, -0.1) is 0 Å². The summed E-state index contributed by atoms with van der Waals surface area (Å²) >= 11 is 0. The predicted molar refractivity (Wildman–Crippen MR) is 89.8 cm³/mol. The van der Waals surface area contributed by atoms with Gasteiger partial charge in [-0.1, -0.05) is 50.5 Å². The van der Waals surface area contributed by atoms with Crippen molar-refractivity contribution >= 4 is 5.97 Å². The average Bonchev–Trinajstić information content (AvgIpc) is 2.50. The zero-order valence-corrected chi connectivity index (χ0v) is 13.8. The van der Waals surface area contributed by atoms with E-state index in [0.717, 1.165) is 44.9 Å². The quantitative estimate of drug-likeness (QED) is 0.336. The van der Waals surface area contributed by atoms with Crippen LogP contribution >= 0.6 is 0 Å². The minimum absolute atomic E-state index is 0.288. The maximum atomic E-state index is 10.3. The number of carboxylic acid groups (broad SMARTS) is 1. The normalized spacial score (nSPS) is 14.7. The van der Waals surface area contributed by atoms with Crippen LogP contribution in [0, 0.1) is 0 Å². The van der Waals surface area contributed by atoms with Gasteiger partial charge >= 0.3 is 5.97 Å². The number of aliphatic hydroxyl groups is 2. The maximum absolute atomic E-state index is 10.3. The molecule has 0 radical (unpaired) electrons. The standard InChI is InChI=1S/C18H32O4/c1-2-16(19)17(20)14-12-10-8-6-4-3-5-7-9-11-13-15-18(21)22/h4,6,10,12,16-17,19-20H,2-3,5,7-9,11,13-15H2,1H3,(H,21,22)/b6-4-,12-10+. The van der Waals surface area contributed by atoms with Crippen LogP contribution in [0.1, 0.15) is 71.1 Å². The molecule has 4 nitrogen and oxygen atoms in total. The molecular formula is C18H32O4. The van der Waals surface area contributed by atoms with Gasteiger partial charge < -0.3 is 15.3 Å². The van der Waals surface area contributed by atoms with Crippen LogP contribution in [0.5, 0.6) is 0 Å². The van der Waals surface area contributed by atoms with Crippen LogP contribution in [0.2, 0.25) is 0 Å². The van der Waals surface area contributed by atoms with Gasteiger partial charge in [0.1, 0.15) is 0 Å². The summed E-state index contributed by atoms with van der Waals surface area (Å²) in [6, 6.07) is 0. The summed E-state index contributed by atoms with van der Waals surface area (Å²) in [5.74, 6) is -0.701. The van der Waals surface area contributed by atoms with Crippen LogP contribution in [-0.2, 0) is 4.79 Å².